The van der Waals surface area contributed by atoms with Gasteiger partial charge in [0.05, 0.1) is 25.5 Å². The molecule has 1 heterocycles. The van der Waals surface area contributed by atoms with Crippen LogP contribution in [0.5, 0.6) is 5.75 Å². The van der Waals surface area contributed by atoms with Crippen molar-refractivity contribution >= 4 is 21.4 Å². The molecular weight excluding hydrogens is 346 g/mol. The zero-order valence-corrected chi connectivity index (χ0v) is 14.6. The number of allylic oxidation sites excluding steroid dienone is 2. The number of benzene rings is 1. The third-order valence-corrected chi connectivity index (χ3v) is 5.90. The summed E-state index contributed by atoms with van der Waals surface area (Å²) in [5.74, 6) is -0.981. The number of ketones is 2. The lowest BCUT2D eigenvalue weighted by Crippen LogP contribution is -2.42. The number of nitrogens with one attached hydrogen (secondary N) is 1. The summed E-state index contributed by atoms with van der Waals surface area (Å²) in [6.07, 6.45) is 0.0873. The lowest BCUT2D eigenvalue weighted by molar-refractivity contribution is -0.118. The van der Waals surface area contributed by atoms with Gasteiger partial charge in [-0.3, -0.25) is 9.59 Å². The van der Waals surface area contributed by atoms with Gasteiger partial charge in [-0.1, -0.05) is 12.1 Å². The summed E-state index contributed by atoms with van der Waals surface area (Å²) >= 11 is 0. The van der Waals surface area contributed by atoms with Crippen molar-refractivity contribution in [3.63, 3.8) is 0 Å². The van der Waals surface area contributed by atoms with Crippen molar-refractivity contribution < 1.29 is 27.5 Å². The minimum Gasteiger partial charge on any atom is -0.497 e. The summed E-state index contributed by atoms with van der Waals surface area (Å²) < 4.78 is 34.8. The van der Waals surface area contributed by atoms with Gasteiger partial charge in [0, 0.05) is 13.0 Å². The van der Waals surface area contributed by atoms with Crippen LogP contribution in [0, 0.1) is 0 Å². The SMILES string of the molecule is COC1=C(Cc2ccc(OC)cc2)C(=O)C2=C(NCCS2(=O)=O)C1=O. The molecule has 0 spiro atoms. The zero-order chi connectivity index (χ0) is 18.2. The molecule has 0 fully saturated rings. The predicted octanol–water partition coefficient (Wildman–Crippen LogP) is 0.520. The van der Waals surface area contributed by atoms with Crippen LogP contribution in [0.2, 0.25) is 0 Å². The van der Waals surface area contributed by atoms with E-state index >= 15 is 0 Å². The van der Waals surface area contributed by atoms with E-state index in [2.05, 4.69) is 5.32 Å². The van der Waals surface area contributed by atoms with E-state index in [9.17, 15) is 18.0 Å². The fourth-order valence-corrected chi connectivity index (χ4v) is 4.36. The Hall–Kier alpha value is -2.61. The fourth-order valence-electron chi connectivity index (χ4n) is 2.90. The quantitative estimate of drug-likeness (QED) is 0.779. The Bertz CT molecular complexity index is 909. The number of ether oxygens (including phenoxy) is 2. The number of hydrogen-bond donors (Lipinski definition) is 1. The lowest BCUT2D eigenvalue weighted by atomic mass is 9.93. The van der Waals surface area contributed by atoms with Crippen LogP contribution in [-0.2, 0) is 30.6 Å². The van der Waals surface area contributed by atoms with Crippen LogP contribution in [-0.4, -0.2) is 46.5 Å². The molecule has 0 saturated carbocycles. The molecule has 0 amide bonds. The molecule has 1 aliphatic carbocycles. The lowest BCUT2D eigenvalue weighted by Gasteiger charge is -2.26. The van der Waals surface area contributed by atoms with Gasteiger partial charge in [0.1, 0.15) is 16.4 Å². The van der Waals surface area contributed by atoms with Crippen LogP contribution < -0.4 is 10.1 Å². The van der Waals surface area contributed by atoms with E-state index in [-0.39, 0.29) is 35.7 Å². The Morgan fingerprint density at radius 2 is 1.72 bits per heavy atom. The van der Waals surface area contributed by atoms with Gasteiger partial charge in [-0.25, -0.2) is 8.42 Å². The van der Waals surface area contributed by atoms with Crippen LogP contribution in [0.25, 0.3) is 0 Å². The zero-order valence-electron chi connectivity index (χ0n) is 13.8. The molecule has 25 heavy (non-hydrogen) atoms. The first-order valence-corrected chi connectivity index (χ1v) is 9.24. The van der Waals surface area contributed by atoms with Crippen LogP contribution in [0.15, 0.2) is 46.2 Å². The van der Waals surface area contributed by atoms with Crippen LogP contribution in [0.1, 0.15) is 5.56 Å². The maximum atomic E-state index is 12.8. The first-order chi connectivity index (χ1) is 11.9. The Morgan fingerprint density at radius 1 is 1.04 bits per heavy atom. The van der Waals surface area contributed by atoms with Crippen LogP contribution in [0.3, 0.4) is 0 Å². The van der Waals surface area contributed by atoms with Crippen molar-refractivity contribution in [2.75, 3.05) is 26.5 Å². The van der Waals surface area contributed by atoms with Gasteiger partial charge in [-0.15, -0.1) is 0 Å². The molecular formula is C17H17NO6S. The molecule has 8 heteroatoms. The molecule has 0 atom stereocenters. The summed E-state index contributed by atoms with van der Waals surface area (Å²) in [7, 11) is -0.967. The Balaban J connectivity index is 2.04. The molecule has 0 bridgehead atoms. The minimum absolute atomic E-state index is 0.0451. The summed E-state index contributed by atoms with van der Waals surface area (Å²) in [6, 6.07) is 6.94. The van der Waals surface area contributed by atoms with Gasteiger partial charge in [0.15, 0.2) is 15.6 Å². The van der Waals surface area contributed by atoms with Crippen molar-refractivity contribution in [2.45, 2.75) is 6.42 Å². The maximum absolute atomic E-state index is 12.8. The van der Waals surface area contributed by atoms with Crippen molar-refractivity contribution in [1.82, 2.24) is 5.32 Å². The van der Waals surface area contributed by atoms with E-state index in [1.54, 1.807) is 31.4 Å². The minimum atomic E-state index is -3.80. The average Bonchev–Trinajstić information content (AvgIpc) is 2.59. The van der Waals surface area contributed by atoms with Gasteiger partial charge in [0.2, 0.25) is 11.6 Å². The largest absolute Gasteiger partial charge is 0.497 e. The standard InChI is InChI=1S/C17H17NO6S/c1-23-11-5-3-10(4-6-11)9-12-14(19)17-13(15(20)16(12)24-2)18-7-8-25(17,21)22/h3-6,18H,7-9H2,1-2H3. The molecule has 1 aromatic rings. The van der Waals surface area contributed by atoms with Crippen molar-refractivity contribution in [3.8, 4) is 5.75 Å². The van der Waals surface area contributed by atoms with Crippen molar-refractivity contribution in [3.05, 3.63) is 51.8 Å². The molecule has 0 radical (unpaired) electrons. The highest BCUT2D eigenvalue weighted by molar-refractivity contribution is 7.96. The summed E-state index contributed by atoms with van der Waals surface area (Å²) in [5, 5.41) is 2.72. The molecule has 0 saturated heterocycles. The van der Waals surface area contributed by atoms with Gasteiger partial charge >= 0.3 is 0 Å². The molecule has 2 aliphatic rings. The molecule has 1 aromatic carbocycles. The highest BCUT2D eigenvalue weighted by atomic mass is 32.2. The number of hydrogen-bond acceptors (Lipinski definition) is 7. The normalized spacial score (nSPS) is 19.4. The van der Waals surface area contributed by atoms with Crippen molar-refractivity contribution in [1.29, 1.82) is 0 Å². The highest BCUT2D eigenvalue weighted by Gasteiger charge is 2.43. The number of methoxy groups -OCH3 is 2. The topological polar surface area (TPSA) is 98.8 Å². The first-order valence-electron chi connectivity index (χ1n) is 7.59. The first kappa shape index (κ1) is 17.2. The predicted molar refractivity (Wildman–Crippen MR) is 89.6 cm³/mol. The molecule has 7 nitrogen and oxygen atoms in total. The molecule has 0 aromatic heterocycles. The monoisotopic (exact) mass is 363 g/mol. The van der Waals surface area contributed by atoms with E-state index in [0.29, 0.717) is 5.75 Å². The van der Waals surface area contributed by atoms with Gasteiger partial charge in [0.25, 0.3) is 0 Å². The Labute approximate surface area is 145 Å². The highest BCUT2D eigenvalue weighted by Crippen LogP contribution is 2.31. The van der Waals surface area contributed by atoms with Crippen molar-refractivity contribution in [2.24, 2.45) is 0 Å². The summed E-state index contributed by atoms with van der Waals surface area (Å²) in [5.41, 5.74) is 0.590. The second-order valence-corrected chi connectivity index (χ2v) is 7.69. The Morgan fingerprint density at radius 3 is 2.32 bits per heavy atom. The molecule has 0 unspecified atom stereocenters. The van der Waals surface area contributed by atoms with Gasteiger partial charge in [-0.05, 0) is 17.7 Å². The van der Waals surface area contributed by atoms with Gasteiger partial charge < -0.3 is 14.8 Å². The third kappa shape index (κ3) is 2.93. The van der Waals surface area contributed by atoms with Crippen LogP contribution in [0.4, 0.5) is 0 Å². The molecule has 3 rings (SSSR count). The summed E-state index contributed by atoms with van der Waals surface area (Å²) in [6.45, 7) is 0.0883. The molecule has 1 aliphatic heterocycles. The number of carbonyl (C=O) groups excluding carboxylic acids is 2. The second-order valence-electron chi connectivity index (χ2n) is 5.64. The number of rotatable bonds is 4. The summed E-state index contributed by atoms with van der Waals surface area (Å²) in [4.78, 5) is 25.0. The Kier molecular flexibility index (Phi) is 4.38. The van der Waals surface area contributed by atoms with E-state index in [1.807, 2.05) is 0 Å². The second kappa shape index (κ2) is 6.36. The average molecular weight is 363 g/mol. The van der Waals surface area contributed by atoms with E-state index < -0.39 is 26.3 Å². The number of carbonyl (C=O) groups is 2. The third-order valence-electron chi connectivity index (χ3n) is 4.14. The maximum Gasteiger partial charge on any atom is 0.245 e. The number of Topliss-reactive ketones (excluding diaryl/α,β-unsaturated/α-hetero) is 2. The fraction of sp³-hybridized carbons (Fsp3) is 0.294. The van der Waals surface area contributed by atoms with E-state index in [1.165, 1.54) is 7.11 Å². The number of sulfone groups is 1. The smallest absolute Gasteiger partial charge is 0.245 e. The van der Waals surface area contributed by atoms with Gasteiger partial charge in [-0.2, -0.15) is 0 Å². The van der Waals surface area contributed by atoms with E-state index in [4.69, 9.17) is 9.47 Å². The molecule has 1 N–H and O–H groups in total. The van der Waals surface area contributed by atoms with E-state index in [0.717, 1.165) is 5.56 Å². The van der Waals surface area contributed by atoms with Crippen LogP contribution >= 0.6 is 0 Å². The molecule has 132 valence electrons.